The maximum atomic E-state index is 13.0. The topological polar surface area (TPSA) is 73.6 Å². The molecule has 36 heavy (non-hydrogen) atoms. The van der Waals surface area contributed by atoms with Crippen LogP contribution in [0.2, 0.25) is 0 Å². The molecule has 0 saturated carbocycles. The Labute approximate surface area is 209 Å². The summed E-state index contributed by atoms with van der Waals surface area (Å²) in [4.78, 5) is 17.4. The fraction of sp³-hybridized carbons (Fsp3) is 0.133. The summed E-state index contributed by atoms with van der Waals surface area (Å²) in [6.45, 7) is 4.31. The van der Waals surface area contributed by atoms with Crippen LogP contribution < -0.4 is 14.8 Å². The second-order valence-electron chi connectivity index (χ2n) is 8.32. The number of hydrogen-bond acceptors (Lipinski definition) is 5. The molecule has 3 aromatic carbocycles. The molecule has 0 atom stereocenters. The van der Waals surface area contributed by atoms with E-state index in [1.54, 1.807) is 25.6 Å². The third-order valence-electron chi connectivity index (χ3n) is 6.05. The highest BCUT2D eigenvalue weighted by Crippen LogP contribution is 2.40. The SMILES string of the molecule is CCOc1cc2occ(-c3ccccc3OC)c2cc1/C(C)=C/C(=O)Nc1cccc2ncccc12. The lowest BCUT2D eigenvalue weighted by Gasteiger charge is -2.12. The van der Waals surface area contributed by atoms with Crippen molar-refractivity contribution in [2.45, 2.75) is 13.8 Å². The van der Waals surface area contributed by atoms with Crippen molar-refractivity contribution in [3.63, 3.8) is 0 Å². The molecule has 0 bridgehead atoms. The molecule has 0 aliphatic heterocycles. The first-order valence-electron chi connectivity index (χ1n) is 11.7. The number of hydrogen-bond donors (Lipinski definition) is 1. The van der Waals surface area contributed by atoms with E-state index in [9.17, 15) is 4.79 Å². The predicted octanol–water partition coefficient (Wildman–Crippen LogP) is 7.10. The maximum Gasteiger partial charge on any atom is 0.248 e. The molecule has 2 aromatic heterocycles. The second-order valence-corrected chi connectivity index (χ2v) is 8.32. The molecule has 5 rings (SSSR count). The van der Waals surface area contributed by atoms with Gasteiger partial charge in [0.05, 0.1) is 31.2 Å². The number of para-hydroxylation sites is 1. The van der Waals surface area contributed by atoms with Crippen LogP contribution in [0.5, 0.6) is 11.5 Å². The minimum absolute atomic E-state index is 0.233. The zero-order valence-corrected chi connectivity index (χ0v) is 20.4. The molecule has 1 amide bonds. The van der Waals surface area contributed by atoms with Gasteiger partial charge in [-0.3, -0.25) is 9.78 Å². The number of ether oxygens (including phenoxy) is 2. The van der Waals surface area contributed by atoms with Crippen LogP contribution in [0.25, 0.3) is 38.6 Å². The van der Waals surface area contributed by atoms with Gasteiger partial charge in [0.2, 0.25) is 5.91 Å². The highest BCUT2D eigenvalue weighted by atomic mass is 16.5. The molecule has 0 radical (unpaired) electrons. The van der Waals surface area contributed by atoms with Gasteiger partial charge in [0.15, 0.2) is 0 Å². The summed E-state index contributed by atoms with van der Waals surface area (Å²) < 4.78 is 17.4. The first-order valence-corrected chi connectivity index (χ1v) is 11.7. The van der Waals surface area contributed by atoms with Crippen LogP contribution in [0, 0.1) is 0 Å². The molecule has 6 heteroatoms. The van der Waals surface area contributed by atoms with E-state index in [0.717, 1.165) is 44.3 Å². The van der Waals surface area contributed by atoms with Crippen LogP contribution in [0.1, 0.15) is 19.4 Å². The third-order valence-corrected chi connectivity index (χ3v) is 6.05. The predicted molar refractivity (Wildman–Crippen MR) is 143 cm³/mol. The van der Waals surface area contributed by atoms with Crippen molar-refractivity contribution in [1.29, 1.82) is 0 Å². The second kappa shape index (κ2) is 9.96. The Hall–Kier alpha value is -4.58. The number of furan rings is 1. The van der Waals surface area contributed by atoms with Crippen molar-refractivity contribution >= 4 is 39.0 Å². The summed E-state index contributed by atoms with van der Waals surface area (Å²) in [6, 6.07) is 21.1. The fourth-order valence-electron chi connectivity index (χ4n) is 4.37. The fourth-order valence-corrected chi connectivity index (χ4v) is 4.37. The summed E-state index contributed by atoms with van der Waals surface area (Å²) in [5, 5.41) is 4.78. The molecule has 0 fully saturated rings. The molecule has 0 aliphatic rings. The number of amides is 1. The molecule has 0 unspecified atom stereocenters. The Morgan fingerprint density at radius 1 is 1.00 bits per heavy atom. The number of carbonyl (C=O) groups is 1. The summed E-state index contributed by atoms with van der Waals surface area (Å²) in [5.41, 5.74) is 5.65. The Morgan fingerprint density at radius 3 is 2.69 bits per heavy atom. The lowest BCUT2D eigenvalue weighted by atomic mass is 9.98. The van der Waals surface area contributed by atoms with Gasteiger partial charge in [-0.2, -0.15) is 0 Å². The van der Waals surface area contributed by atoms with Crippen molar-refractivity contribution < 1.29 is 18.7 Å². The van der Waals surface area contributed by atoms with Gasteiger partial charge < -0.3 is 19.2 Å². The van der Waals surface area contributed by atoms with Gasteiger partial charge in [-0.15, -0.1) is 0 Å². The van der Waals surface area contributed by atoms with E-state index in [2.05, 4.69) is 10.3 Å². The largest absolute Gasteiger partial charge is 0.496 e. The van der Waals surface area contributed by atoms with E-state index in [1.165, 1.54) is 0 Å². The van der Waals surface area contributed by atoms with Crippen molar-refractivity contribution in [1.82, 2.24) is 4.98 Å². The summed E-state index contributed by atoms with van der Waals surface area (Å²) in [5.74, 6) is 1.18. The van der Waals surface area contributed by atoms with Crippen LogP contribution in [-0.2, 0) is 4.79 Å². The molecule has 0 saturated heterocycles. The molecule has 2 heterocycles. The Balaban J connectivity index is 1.54. The molecular weight excluding hydrogens is 452 g/mol. The maximum absolute atomic E-state index is 13.0. The summed E-state index contributed by atoms with van der Waals surface area (Å²) in [7, 11) is 1.65. The summed E-state index contributed by atoms with van der Waals surface area (Å²) in [6.07, 6.45) is 5.04. The van der Waals surface area contributed by atoms with E-state index in [1.807, 2.05) is 80.6 Å². The number of methoxy groups -OCH3 is 1. The molecule has 5 aromatic rings. The van der Waals surface area contributed by atoms with Gasteiger partial charge in [0.1, 0.15) is 17.1 Å². The van der Waals surface area contributed by atoms with Gasteiger partial charge in [0, 0.05) is 45.8 Å². The van der Waals surface area contributed by atoms with Crippen molar-refractivity contribution in [2.24, 2.45) is 0 Å². The number of benzene rings is 3. The standard InChI is InChI=1S/C30H26N2O4/c1-4-35-28-17-29-23(24(18-36-29)20-9-5-6-13-27(20)34-3)16-22(28)19(2)15-30(33)32-26-12-7-11-25-21(26)10-8-14-31-25/h5-18H,4H2,1-3H3,(H,32,33)/b19-15+. The molecule has 0 spiro atoms. The third kappa shape index (κ3) is 4.41. The number of carbonyl (C=O) groups excluding carboxylic acids is 1. The molecule has 180 valence electrons. The summed E-state index contributed by atoms with van der Waals surface area (Å²) >= 11 is 0. The van der Waals surface area contributed by atoms with Gasteiger partial charge in [-0.05, 0) is 55.8 Å². The average Bonchev–Trinajstić information content (AvgIpc) is 3.31. The van der Waals surface area contributed by atoms with Crippen LogP contribution in [0.4, 0.5) is 5.69 Å². The van der Waals surface area contributed by atoms with Crippen LogP contribution in [0.3, 0.4) is 0 Å². The first-order chi connectivity index (χ1) is 17.6. The number of pyridine rings is 1. The van der Waals surface area contributed by atoms with Gasteiger partial charge in [-0.25, -0.2) is 0 Å². The van der Waals surface area contributed by atoms with Crippen LogP contribution in [-0.4, -0.2) is 24.6 Å². The van der Waals surface area contributed by atoms with Gasteiger partial charge >= 0.3 is 0 Å². The van der Waals surface area contributed by atoms with E-state index >= 15 is 0 Å². The quantitative estimate of drug-likeness (QED) is 0.253. The lowest BCUT2D eigenvalue weighted by molar-refractivity contribution is -0.111. The smallest absolute Gasteiger partial charge is 0.248 e. The Bertz CT molecular complexity index is 1590. The van der Waals surface area contributed by atoms with Gasteiger partial charge in [-0.1, -0.05) is 24.3 Å². The highest BCUT2D eigenvalue weighted by molar-refractivity contribution is 6.09. The number of aromatic nitrogens is 1. The molecule has 0 aliphatic carbocycles. The Kier molecular flexibility index (Phi) is 6.41. The average molecular weight is 479 g/mol. The number of allylic oxidation sites excluding steroid dienone is 1. The van der Waals surface area contributed by atoms with Crippen molar-refractivity contribution in [2.75, 3.05) is 19.0 Å². The van der Waals surface area contributed by atoms with E-state index in [0.29, 0.717) is 23.6 Å². The van der Waals surface area contributed by atoms with E-state index in [4.69, 9.17) is 13.9 Å². The highest BCUT2D eigenvalue weighted by Gasteiger charge is 2.17. The van der Waals surface area contributed by atoms with Gasteiger partial charge in [0.25, 0.3) is 0 Å². The number of rotatable bonds is 7. The minimum atomic E-state index is -0.233. The number of nitrogens with zero attached hydrogens (tertiary/aromatic N) is 1. The van der Waals surface area contributed by atoms with Crippen LogP contribution >= 0.6 is 0 Å². The number of nitrogens with one attached hydrogen (secondary N) is 1. The zero-order valence-electron chi connectivity index (χ0n) is 20.4. The molecule has 6 nitrogen and oxygen atoms in total. The van der Waals surface area contributed by atoms with Crippen molar-refractivity contribution in [3.05, 3.63) is 90.8 Å². The monoisotopic (exact) mass is 478 g/mol. The van der Waals surface area contributed by atoms with E-state index in [-0.39, 0.29) is 5.91 Å². The Morgan fingerprint density at radius 2 is 1.86 bits per heavy atom. The van der Waals surface area contributed by atoms with Crippen LogP contribution in [0.15, 0.2) is 89.7 Å². The van der Waals surface area contributed by atoms with E-state index < -0.39 is 0 Å². The van der Waals surface area contributed by atoms with Crippen molar-refractivity contribution in [3.8, 4) is 22.6 Å². The first kappa shape index (κ1) is 23.2. The lowest BCUT2D eigenvalue weighted by Crippen LogP contribution is -2.09. The molecule has 1 N–H and O–H groups in total. The number of fused-ring (bicyclic) bond motifs is 2. The normalized spacial score (nSPS) is 11.6. The molecular formula is C30H26N2O4. The number of anilines is 1. The minimum Gasteiger partial charge on any atom is -0.496 e. The zero-order chi connectivity index (χ0) is 25.1.